The molecule has 0 atom stereocenters. The van der Waals surface area contributed by atoms with Gasteiger partial charge in [0, 0.05) is 5.02 Å². The molecule has 0 unspecified atom stereocenters. The van der Waals surface area contributed by atoms with Crippen molar-refractivity contribution in [1.29, 1.82) is 0 Å². The molecule has 0 aliphatic heterocycles. The van der Waals surface area contributed by atoms with E-state index in [0.29, 0.717) is 10.6 Å². The predicted molar refractivity (Wildman–Crippen MR) is 51.2 cm³/mol. The quantitative estimate of drug-likeness (QED) is 0.505. The summed E-state index contributed by atoms with van der Waals surface area (Å²) in [6.45, 7) is 1.77. The Bertz CT molecular complexity index is 298. The maximum absolute atomic E-state index is 10.3. The number of hydrogen-bond acceptors (Lipinski definition) is 1. The molecule has 1 aromatic carbocycles. The van der Waals surface area contributed by atoms with Gasteiger partial charge < -0.3 is 0 Å². The summed E-state index contributed by atoms with van der Waals surface area (Å²) in [7, 11) is 0. The zero-order chi connectivity index (χ0) is 8.97. The Hall–Kier alpha value is -1.08. The summed E-state index contributed by atoms with van der Waals surface area (Å²) in [4.78, 5) is 10.3. The molecule has 0 aromatic heterocycles. The standard InChI is InChI=1S/C10H9ClO/c1-8(7-12)6-9-2-4-10(11)5-3-9/h2-7H,1H3/b8-6+. The van der Waals surface area contributed by atoms with Gasteiger partial charge in [-0.1, -0.05) is 23.7 Å². The van der Waals surface area contributed by atoms with E-state index >= 15 is 0 Å². The van der Waals surface area contributed by atoms with Crippen LogP contribution in [0.25, 0.3) is 6.08 Å². The van der Waals surface area contributed by atoms with Gasteiger partial charge in [0.05, 0.1) is 0 Å². The Kier molecular flexibility index (Phi) is 3.06. The molecule has 0 saturated carbocycles. The van der Waals surface area contributed by atoms with Gasteiger partial charge in [-0.25, -0.2) is 0 Å². The van der Waals surface area contributed by atoms with Crippen molar-refractivity contribution in [1.82, 2.24) is 0 Å². The van der Waals surface area contributed by atoms with Crippen LogP contribution in [0.1, 0.15) is 12.5 Å². The SMILES string of the molecule is C/C(C=O)=C\c1ccc(Cl)cc1. The van der Waals surface area contributed by atoms with E-state index in [2.05, 4.69) is 0 Å². The second kappa shape index (κ2) is 4.07. The number of hydrogen-bond donors (Lipinski definition) is 0. The molecule has 0 bridgehead atoms. The number of carbonyl (C=O) groups excluding carboxylic acids is 1. The van der Waals surface area contributed by atoms with Crippen molar-refractivity contribution in [2.75, 3.05) is 0 Å². The first-order valence-corrected chi connectivity index (χ1v) is 3.99. The van der Waals surface area contributed by atoms with Gasteiger partial charge in [-0.05, 0) is 36.3 Å². The van der Waals surface area contributed by atoms with Crippen molar-refractivity contribution >= 4 is 24.0 Å². The maximum Gasteiger partial charge on any atom is 0.145 e. The van der Waals surface area contributed by atoms with Gasteiger partial charge >= 0.3 is 0 Å². The van der Waals surface area contributed by atoms with Crippen LogP contribution in [0.4, 0.5) is 0 Å². The molecule has 1 rings (SSSR count). The van der Waals surface area contributed by atoms with Crippen molar-refractivity contribution in [3.8, 4) is 0 Å². The van der Waals surface area contributed by atoms with Crippen molar-refractivity contribution in [3.63, 3.8) is 0 Å². The molecule has 62 valence electrons. The average Bonchev–Trinajstić information content (AvgIpc) is 2.09. The van der Waals surface area contributed by atoms with E-state index in [4.69, 9.17) is 11.6 Å². The van der Waals surface area contributed by atoms with Gasteiger partial charge in [0.15, 0.2) is 0 Å². The van der Waals surface area contributed by atoms with Crippen LogP contribution >= 0.6 is 11.6 Å². The zero-order valence-electron chi connectivity index (χ0n) is 6.75. The second-order valence-corrected chi connectivity index (χ2v) is 2.99. The Morgan fingerprint density at radius 3 is 2.42 bits per heavy atom. The monoisotopic (exact) mass is 180 g/mol. The van der Waals surface area contributed by atoms with E-state index in [9.17, 15) is 4.79 Å². The Balaban J connectivity index is 2.91. The molecule has 0 aliphatic carbocycles. The fourth-order valence-corrected chi connectivity index (χ4v) is 0.982. The summed E-state index contributed by atoms with van der Waals surface area (Å²) >= 11 is 5.69. The fourth-order valence-electron chi connectivity index (χ4n) is 0.856. The van der Waals surface area contributed by atoms with Crippen LogP contribution in [-0.4, -0.2) is 6.29 Å². The first kappa shape index (κ1) is 9.01. The van der Waals surface area contributed by atoms with Gasteiger partial charge in [-0.15, -0.1) is 0 Å². The maximum atomic E-state index is 10.3. The molecule has 0 aliphatic rings. The van der Waals surface area contributed by atoms with Crippen LogP contribution in [-0.2, 0) is 4.79 Å². The minimum absolute atomic E-state index is 0.705. The largest absolute Gasteiger partial charge is 0.298 e. The highest BCUT2D eigenvalue weighted by molar-refractivity contribution is 6.30. The molecule has 0 heterocycles. The smallest absolute Gasteiger partial charge is 0.145 e. The zero-order valence-corrected chi connectivity index (χ0v) is 7.51. The van der Waals surface area contributed by atoms with E-state index in [1.54, 1.807) is 19.1 Å². The normalized spacial score (nSPS) is 11.3. The van der Waals surface area contributed by atoms with Crippen molar-refractivity contribution in [3.05, 3.63) is 40.4 Å². The summed E-state index contributed by atoms with van der Waals surface area (Å²) in [6, 6.07) is 7.33. The third-order valence-corrected chi connectivity index (χ3v) is 1.70. The summed E-state index contributed by atoms with van der Waals surface area (Å²) in [5, 5.41) is 0.705. The molecule has 0 saturated heterocycles. The molecular formula is C10H9ClO. The highest BCUT2D eigenvalue weighted by Gasteiger charge is 1.89. The molecule has 1 aromatic rings. The van der Waals surface area contributed by atoms with Crippen LogP contribution in [0.15, 0.2) is 29.8 Å². The van der Waals surface area contributed by atoms with Crippen LogP contribution in [0, 0.1) is 0 Å². The Morgan fingerprint density at radius 2 is 1.92 bits per heavy atom. The fraction of sp³-hybridized carbons (Fsp3) is 0.100. The Labute approximate surface area is 76.7 Å². The first-order chi connectivity index (χ1) is 5.72. The van der Waals surface area contributed by atoms with Crippen LogP contribution in [0.5, 0.6) is 0 Å². The summed E-state index contributed by atoms with van der Waals surface area (Å²) < 4.78 is 0. The predicted octanol–water partition coefficient (Wildman–Crippen LogP) is 2.94. The lowest BCUT2D eigenvalue weighted by atomic mass is 10.1. The third kappa shape index (κ3) is 2.51. The Morgan fingerprint density at radius 1 is 1.33 bits per heavy atom. The molecule has 0 radical (unpaired) electrons. The van der Waals surface area contributed by atoms with E-state index in [0.717, 1.165) is 11.8 Å². The van der Waals surface area contributed by atoms with Gasteiger partial charge in [0.25, 0.3) is 0 Å². The molecule has 2 heteroatoms. The number of benzene rings is 1. The average molecular weight is 181 g/mol. The third-order valence-electron chi connectivity index (χ3n) is 1.45. The lowest BCUT2D eigenvalue weighted by Crippen LogP contribution is -1.77. The molecule has 0 fully saturated rings. The van der Waals surface area contributed by atoms with Crippen LogP contribution < -0.4 is 0 Å². The number of allylic oxidation sites excluding steroid dienone is 1. The minimum Gasteiger partial charge on any atom is -0.298 e. The number of aldehydes is 1. The molecule has 0 N–H and O–H groups in total. The van der Waals surface area contributed by atoms with E-state index in [1.165, 1.54) is 0 Å². The molecular weight excluding hydrogens is 172 g/mol. The minimum atomic E-state index is 0.705. The van der Waals surface area contributed by atoms with Crippen LogP contribution in [0.3, 0.4) is 0 Å². The summed E-state index contributed by atoms with van der Waals surface area (Å²) in [5.41, 5.74) is 1.70. The highest BCUT2D eigenvalue weighted by Crippen LogP contribution is 2.11. The molecule has 0 spiro atoms. The number of halogens is 1. The highest BCUT2D eigenvalue weighted by atomic mass is 35.5. The number of carbonyl (C=O) groups is 1. The topological polar surface area (TPSA) is 17.1 Å². The van der Waals surface area contributed by atoms with Gasteiger partial charge in [0.2, 0.25) is 0 Å². The molecule has 12 heavy (non-hydrogen) atoms. The van der Waals surface area contributed by atoms with Crippen molar-refractivity contribution in [2.45, 2.75) is 6.92 Å². The lowest BCUT2D eigenvalue weighted by molar-refractivity contribution is -0.104. The first-order valence-electron chi connectivity index (χ1n) is 3.61. The molecule has 0 amide bonds. The van der Waals surface area contributed by atoms with Crippen molar-refractivity contribution in [2.24, 2.45) is 0 Å². The van der Waals surface area contributed by atoms with E-state index < -0.39 is 0 Å². The van der Waals surface area contributed by atoms with E-state index in [-0.39, 0.29) is 0 Å². The van der Waals surface area contributed by atoms with Gasteiger partial charge in [-0.2, -0.15) is 0 Å². The molecule has 1 nitrogen and oxygen atoms in total. The summed E-state index contributed by atoms with van der Waals surface area (Å²) in [5.74, 6) is 0. The van der Waals surface area contributed by atoms with Gasteiger partial charge in [0.1, 0.15) is 6.29 Å². The van der Waals surface area contributed by atoms with Crippen molar-refractivity contribution < 1.29 is 4.79 Å². The van der Waals surface area contributed by atoms with Crippen LogP contribution in [0.2, 0.25) is 5.02 Å². The van der Waals surface area contributed by atoms with E-state index in [1.807, 2.05) is 18.2 Å². The summed E-state index contributed by atoms with van der Waals surface area (Å²) in [6.07, 6.45) is 2.64. The lowest BCUT2D eigenvalue weighted by Gasteiger charge is -1.93. The second-order valence-electron chi connectivity index (χ2n) is 2.56. The number of rotatable bonds is 2. The van der Waals surface area contributed by atoms with Gasteiger partial charge in [-0.3, -0.25) is 4.79 Å².